The first kappa shape index (κ1) is 20.6. The smallest absolute Gasteiger partial charge is 0.234 e. The zero-order chi connectivity index (χ0) is 19.2. The topological polar surface area (TPSA) is 29.1 Å². The number of benzene rings is 2. The van der Waals surface area contributed by atoms with Gasteiger partial charge in [-0.15, -0.1) is 23.5 Å². The van der Waals surface area contributed by atoms with Crippen LogP contribution in [0.3, 0.4) is 0 Å². The highest BCUT2D eigenvalue weighted by molar-refractivity contribution is 8.04. The summed E-state index contributed by atoms with van der Waals surface area (Å²) < 4.78 is 0. The minimum atomic E-state index is 0.0956. The predicted molar refractivity (Wildman–Crippen MR) is 120 cm³/mol. The number of halogens is 1. The van der Waals surface area contributed by atoms with Crippen LogP contribution in [-0.4, -0.2) is 22.2 Å². The lowest BCUT2D eigenvalue weighted by atomic mass is 10.00. The number of carbonyl (C=O) groups excluding carboxylic acids is 1. The Morgan fingerprint density at radius 1 is 1.04 bits per heavy atom. The van der Waals surface area contributed by atoms with E-state index in [0.717, 1.165) is 21.8 Å². The van der Waals surface area contributed by atoms with Crippen LogP contribution in [0.1, 0.15) is 36.8 Å². The van der Waals surface area contributed by atoms with Crippen molar-refractivity contribution in [2.45, 2.75) is 54.9 Å². The van der Waals surface area contributed by atoms with E-state index in [9.17, 15) is 4.79 Å². The Hall–Kier alpha value is -1.10. The van der Waals surface area contributed by atoms with Crippen molar-refractivity contribution in [1.29, 1.82) is 0 Å². The summed E-state index contributed by atoms with van der Waals surface area (Å²) in [4.78, 5) is 13.8. The van der Waals surface area contributed by atoms with Gasteiger partial charge in [-0.3, -0.25) is 4.79 Å². The molecule has 2 unspecified atom stereocenters. The third kappa shape index (κ3) is 5.94. The zero-order valence-electron chi connectivity index (χ0n) is 15.8. The highest BCUT2D eigenvalue weighted by atomic mass is 35.5. The van der Waals surface area contributed by atoms with Crippen LogP contribution in [0.2, 0.25) is 5.02 Å². The number of rotatable bonds is 6. The van der Waals surface area contributed by atoms with Gasteiger partial charge in [-0.1, -0.05) is 42.6 Å². The van der Waals surface area contributed by atoms with E-state index in [-0.39, 0.29) is 5.91 Å². The normalized spacial score (nSPS) is 19.7. The van der Waals surface area contributed by atoms with E-state index < -0.39 is 0 Å². The molecule has 2 nitrogen and oxygen atoms in total. The lowest BCUT2D eigenvalue weighted by Crippen LogP contribution is -2.27. The van der Waals surface area contributed by atoms with Crippen molar-refractivity contribution in [3.05, 3.63) is 58.6 Å². The van der Waals surface area contributed by atoms with Crippen LogP contribution in [0.15, 0.2) is 47.4 Å². The Morgan fingerprint density at radius 2 is 1.67 bits per heavy atom. The van der Waals surface area contributed by atoms with Gasteiger partial charge >= 0.3 is 0 Å². The number of anilines is 1. The summed E-state index contributed by atoms with van der Waals surface area (Å²) in [6.07, 6.45) is 4.93. The molecule has 0 aliphatic heterocycles. The molecule has 0 saturated heterocycles. The largest absolute Gasteiger partial charge is 0.325 e. The lowest BCUT2D eigenvalue weighted by molar-refractivity contribution is -0.113. The Morgan fingerprint density at radius 3 is 2.33 bits per heavy atom. The molecule has 2 aromatic rings. The second kappa shape index (κ2) is 9.90. The molecule has 3 rings (SSSR count). The summed E-state index contributed by atoms with van der Waals surface area (Å²) >= 11 is 9.74. The van der Waals surface area contributed by atoms with Gasteiger partial charge < -0.3 is 5.32 Å². The number of hydrogen-bond donors (Lipinski definition) is 1. The van der Waals surface area contributed by atoms with E-state index in [4.69, 9.17) is 11.6 Å². The standard InChI is InChI=1S/C22H26ClNOS2/c1-15-6-5-7-16(2)22(15)24-21(25)14-26-19-8-3-4-9-20(19)27-18-12-10-17(23)11-13-18/h5-7,10-13,19-20H,3-4,8-9,14H2,1-2H3,(H,24,25). The summed E-state index contributed by atoms with van der Waals surface area (Å²) in [7, 11) is 0. The van der Waals surface area contributed by atoms with Gasteiger partial charge in [-0.05, 0) is 62.1 Å². The van der Waals surface area contributed by atoms with E-state index in [0.29, 0.717) is 16.3 Å². The molecule has 2 atom stereocenters. The molecular weight excluding hydrogens is 394 g/mol. The molecular formula is C22H26ClNOS2. The molecule has 5 heteroatoms. The predicted octanol–water partition coefficient (Wildman–Crippen LogP) is 6.73. The molecule has 2 aromatic carbocycles. The molecule has 1 fully saturated rings. The van der Waals surface area contributed by atoms with E-state index >= 15 is 0 Å². The molecule has 1 amide bonds. The first-order chi connectivity index (χ1) is 13.0. The third-order valence-electron chi connectivity index (χ3n) is 4.92. The van der Waals surface area contributed by atoms with Gasteiger partial charge in [0.25, 0.3) is 0 Å². The van der Waals surface area contributed by atoms with Gasteiger partial charge in [0, 0.05) is 26.1 Å². The SMILES string of the molecule is Cc1cccc(C)c1NC(=O)CSC1CCCCC1Sc1ccc(Cl)cc1. The van der Waals surface area contributed by atoms with Crippen LogP contribution in [0.25, 0.3) is 0 Å². The molecule has 0 bridgehead atoms. The first-order valence-electron chi connectivity index (χ1n) is 9.43. The summed E-state index contributed by atoms with van der Waals surface area (Å²) in [5.41, 5.74) is 3.18. The van der Waals surface area contributed by atoms with Crippen molar-refractivity contribution in [2.75, 3.05) is 11.1 Å². The fourth-order valence-electron chi connectivity index (χ4n) is 3.45. The average Bonchev–Trinajstić information content (AvgIpc) is 2.66. The van der Waals surface area contributed by atoms with Crippen molar-refractivity contribution in [3.63, 3.8) is 0 Å². The quantitative estimate of drug-likeness (QED) is 0.562. The van der Waals surface area contributed by atoms with Crippen LogP contribution in [0, 0.1) is 13.8 Å². The van der Waals surface area contributed by atoms with Gasteiger partial charge in [-0.2, -0.15) is 0 Å². The van der Waals surface area contributed by atoms with Crippen molar-refractivity contribution in [3.8, 4) is 0 Å². The highest BCUT2D eigenvalue weighted by Gasteiger charge is 2.27. The minimum absolute atomic E-state index is 0.0956. The molecule has 144 valence electrons. The molecule has 0 heterocycles. The van der Waals surface area contributed by atoms with Gasteiger partial charge in [0.15, 0.2) is 0 Å². The maximum absolute atomic E-state index is 12.5. The fraction of sp³-hybridized carbons (Fsp3) is 0.409. The number of thioether (sulfide) groups is 2. The Labute approximate surface area is 175 Å². The number of hydrogen-bond acceptors (Lipinski definition) is 3. The van der Waals surface area contributed by atoms with Crippen LogP contribution in [0.5, 0.6) is 0 Å². The van der Waals surface area contributed by atoms with E-state index in [1.165, 1.54) is 30.6 Å². The summed E-state index contributed by atoms with van der Waals surface area (Å²) in [5.74, 6) is 0.606. The summed E-state index contributed by atoms with van der Waals surface area (Å²) in [6, 6.07) is 14.2. The molecule has 0 spiro atoms. The van der Waals surface area contributed by atoms with Gasteiger partial charge in [0.2, 0.25) is 5.91 Å². The Bertz CT molecular complexity index is 758. The molecule has 0 aromatic heterocycles. The minimum Gasteiger partial charge on any atom is -0.325 e. The highest BCUT2D eigenvalue weighted by Crippen LogP contribution is 2.39. The van der Waals surface area contributed by atoms with E-state index in [2.05, 4.69) is 17.4 Å². The Balaban J connectivity index is 1.56. The van der Waals surface area contributed by atoms with E-state index in [1.54, 1.807) is 0 Å². The molecule has 1 aliphatic rings. The van der Waals surface area contributed by atoms with Crippen molar-refractivity contribution >= 4 is 46.7 Å². The number of aryl methyl sites for hydroxylation is 2. The van der Waals surface area contributed by atoms with Gasteiger partial charge in [0.1, 0.15) is 0 Å². The van der Waals surface area contributed by atoms with Crippen LogP contribution < -0.4 is 5.32 Å². The number of amides is 1. The fourth-order valence-corrected chi connectivity index (χ4v) is 6.31. The molecule has 0 radical (unpaired) electrons. The lowest BCUT2D eigenvalue weighted by Gasteiger charge is -2.30. The summed E-state index contributed by atoms with van der Waals surface area (Å²) in [5, 5.41) is 4.95. The number of carbonyl (C=O) groups is 1. The third-order valence-corrected chi connectivity index (χ3v) is 8.17. The molecule has 27 heavy (non-hydrogen) atoms. The Kier molecular flexibility index (Phi) is 7.57. The van der Waals surface area contributed by atoms with E-state index in [1.807, 2.05) is 67.7 Å². The van der Waals surface area contributed by atoms with Crippen molar-refractivity contribution in [2.24, 2.45) is 0 Å². The van der Waals surface area contributed by atoms with Crippen molar-refractivity contribution in [1.82, 2.24) is 0 Å². The van der Waals surface area contributed by atoms with Gasteiger partial charge in [-0.25, -0.2) is 0 Å². The number of para-hydroxylation sites is 1. The average molecular weight is 420 g/mol. The number of nitrogens with one attached hydrogen (secondary N) is 1. The maximum Gasteiger partial charge on any atom is 0.234 e. The monoisotopic (exact) mass is 419 g/mol. The van der Waals surface area contributed by atoms with Crippen LogP contribution in [-0.2, 0) is 4.79 Å². The second-order valence-electron chi connectivity index (χ2n) is 7.06. The van der Waals surface area contributed by atoms with Crippen molar-refractivity contribution < 1.29 is 4.79 Å². The van der Waals surface area contributed by atoms with Gasteiger partial charge in [0.05, 0.1) is 5.75 Å². The maximum atomic E-state index is 12.5. The summed E-state index contributed by atoms with van der Waals surface area (Å²) in [6.45, 7) is 4.07. The van der Waals surface area contributed by atoms with Crippen LogP contribution >= 0.6 is 35.1 Å². The molecule has 1 aliphatic carbocycles. The zero-order valence-corrected chi connectivity index (χ0v) is 18.2. The van der Waals surface area contributed by atoms with Crippen LogP contribution in [0.4, 0.5) is 5.69 Å². The first-order valence-corrected chi connectivity index (χ1v) is 11.7. The molecule has 1 N–H and O–H groups in total. The molecule has 1 saturated carbocycles. The second-order valence-corrected chi connectivity index (χ2v) is 10.0.